The molecule has 0 radical (unpaired) electrons. The zero-order valence-electron chi connectivity index (χ0n) is 11.4. The molecule has 2 aliphatic heterocycles. The van der Waals surface area contributed by atoms with Crippen LogP contribution in [0.2, 0.25) is 0 Å². The van der Waals surface area contributed by atoms with Gasteiger partial charge in [0.05, 0.1) is 12.2 Å². The van der Waals surface area contributed by atoms with Crippen molar-refractivity contribution in [2.45, 2.75) is 37.9 Å². The van der Waals surface area contributed by atoms with Gasteiger partial charge in [-0.3, -0.25) is 9.69 Å². The Labute approximate surface area is 109 Å². The van der Waals surface area contributed by atoms with E-state index in [9.17, 15) is 4.79 Å². The molecule has 1 N–H and O–H groups in total. The van der Waals surface area contributed by atoms with E-state index >= 15 is 0 Å². The van der Waals surface area contributed by atoms with Gasteiger partial charge in [0.25, 0.3) is 0 Å². The summed E-state index contributed by atoms with van der Waals surface area (Å²) in [6, 6.07) is 0. The van der Waals surface area contributed by atoms with E-state index in [2.05, 4.69) is 17.1 Å². The smallest absolute Gasteiger partial charge is 0.250 e. The van der Waals surface area contributed by atoms with E-state index in [1.165, 1.54) is 12.8 Å². The average Bonchev–Trinajstić information content (AvgIpc) is 2.38. The fourth-order valence-corrected chi connectivity index (χ4v) is 2.76. The molecule has 2 rings (SSSR count). The van der Waals surface area contributed by atoms with Crippen LogP contribution in [0.25, 0.3) is 0 Å². The fourth-order valence-electron chi connectivity index (χ4n) is 2.76. The Morgan fingerprint density at radius 1 is 1.44 bits per heavy atom. The number of nitrogens with one attached hydrogen (secondary N) is 1. The van der Waals surface area contributed by atoms with Gasteiger partial charge in [0.2, 0.25) is 5.91 Å². The molecule has 0 spiro atoms. The van der Waals surface area contributed by atoms with Gasteiger partial charge in [-0.25, -0.2) is 0 Å². The lowest BCUT2D eigenvalue weighted by Gasteiger charge is -2.40. The van der Waals surface area contributed by atoms with Gasteiger partial charge in [-0.05, 0) is 26.2 Å². The first kappa shape index (κ1) is 13.8. The molecule has 0 bridgehead atoms. The van der Waals surface area contributed by atoms with Crippen molar-refractivity contribution in [2.24, 2.45) is 0 Å². The summed E-state index contributed by atoms with van der Waals surface area (Å²) >= 11 is 0. The van der Waals surface area contributed by atoms with Gasteiger partial charge in [0, 0.05) is 33.3 Å². The summed E-state index contributed by atoms with van der Waals surface area (Å²) in [6.45, 7) is 6.10. The highest BCUT2D eigenvalue weighted by Crippen LogP contribution is 2.26. The Bertz CT molecular complexity index is 290. The molecule has 2 fully saturated rings. The van der Waals surface area contributed by atoms with E-state index < -0.39 is 0 Å². The monoisotopic (exact) mass is 256 g/mol. The maximum absolute atomic E-state index is 11.6. The summed E-state index contributed by atoms with van der Waals surface area (Å²) in [4.78, 5) is 13.9. The second kappa shape index (κ2) is 5.99. The van der Waals surface area contributed by atoms with Crippen molar-refractivity contribution in [1.82, 2.24) is 10.2 Å². The molecule has 0 aliphatic carbocycles. The number of carbonyl (C=O) groups is 1. The predicted molar refractivity (Wildman–Crippen MR) is 68.5 cm³/mol. The summed E-state index contributed by atoms with van der Waals surface area (Å²) in [5.74, 6) is -0.0329. The van der Waals surface area contributed by atoms with E-state index in [0.717, 1.165) is 26.1 Å². The highest BCUT2D eigenvalue weighted by atomic mass is 16.5. The first-order valence-corrected chi connectivity index (χ1v) is 6.82. The van der Waals surface area contributed by atoms with E-state index in [1.54, 1.807) is 7.05 Å². The van der Waals surface area contributed by atoms with Crippen molar-refractivity contribution in [3.8, 4) is 0 Å². The van der Waals surface area contributed by atoms with E-state index in [4.69, 9.17) is 9.47 Å². The van der Waals surface area contributed by atoms with E-state index in [0.29, 0.717) is 13.2 Å². The number of rotatable bonds is 3. The van der Waals surface area contributed by atoms with Crippen LogP contribution in [0.3, 0.4) is 0 Å². The van der Waals surface area contributed by atoms with Crippen LogP contribution < -0.4 is 5.32 Å². The molecular weight excluding hydrogens is 232 g/mol. The van der Waals surface area contributed by atoms with Crippen molar-refractivity contribution >= 4 is 5.91 Å². The Balaban J connectivity index is 1.87. The second-order valence-corrected chi connectivity index (χ2v) is 5.46. The Morgan fingerprint density at radius 3 is 2.94 bits per heavy atom. The Hall–Kier alpha value is -0.650. The number of amides is 1. The molecule has 2 saturated heterocycles. The molecule has 0 aromatic carbocycles. The first-order chi connectivity index (χ1) is 8.63. The van der Waals surface area contributed by atoms with Crippen LogP contribution in [-0.4, -0.2) is 62.4 Å². The highest BCUT2D eigenvalue weighted by Gasteiger charge is 2.33. The van der Waals surface area contributed by atoms with E-state index in [1.807, 2.05) is 0 Å². The van der Waals surface area contributed by atoms with E-state index in [-0.39, 0.29) is 17.6 Å². The van der Waals surface area contributed by atoms with Gasteiger partial charge in [-0.2, -0.15) is 0 Å². The summed E-state index contributed by atoms with van der Waals surface area (Å²) in [5.41, 5.74) is -0.0527. The van der Waals surface area contributed by atoms with Crippen molar-refractivity contribution in [2.75, 3.05) is 39.9 Å². The molecule has 0 aromatic heterocycles. The molecule has 0 aromatic rings. The molecule has 5 nitrogen and oxygen atoms in total. The standard InChI is InChI=1S/C13H24N2O3/c1-13(5-3-4-7-18-13)10-15-6-8-17-11(9-15)12(16)14-2/h11H,3-10H2,1-2H3,(H,14,16). The maximum Gasteiger partial charge on any atom is 0.250 e. The molecule has 2 heterocycles. The maximum atomic E-state index is 11.6. The molecular formula is C13H24N2O3. The van der Waals surface area contributed by atoms with Crippen molar-refractivity contribution in [3.05, 3.63) is 0 Å². The number of ether oxygens (including phenoxy) is 2. The van der Waals surface area contributed by atoms with Crippen LogP contribution in [-0.2, 0) is 14.3 Å². The largest absolute Gasteiger partial charge is 0.374 e. The molecule has 104 valence electrons. The topological polar surface area (TPSA) is 50.8 Å². The van der Waals surface area contributed by atoms with Crippen molar-refractivity contribution < 1.29 is 14.3 Å². The molecule has 0 saturated carbocycles. The number of hydrogen-bond acceptors (Lipinski definition) is 4. The second-order valence-electron chi connectivity index (χ2n) is 5.46. The summed E-state index contributed by atoms with van der Waals surface area (Å²) in [6.07, 6.45) is 3.17. The third-order valence-corrected chi connectivity index (χ3v) is 3.80. The van der Waals surface area contributed by atoms with Crippen LogP contribution in [0.15, 0.2) is 0 Å². The third-order valence-electron chi connectivity index (χ3n) is 3.80. The quantitative estimate of drug-likeness (QED) is 0.794. The van der Waals surface area contributed by atoms with Gasteiger partial charge in [-0.15, -0.1) is 0 Å². The number of morpholine rings is 1. The zero-order chi connectivity index (χ0) is 13.0. The Morgan fingerprint density at radius 2 is 2.28 bits per heavy atom. The molecule has 2 atom stereocenters. The molecule has 5 heteroatoms. The van der Waals surface area contributed by atoms with Crippen molar-refractivity contribution in [1.29, 1.82) is 0 Å². The number of carbonyl (C=O) groups excluding carboxylic acids is 1. The summed E-state index contributed by atoms with van der Waals surface area (Å²) in [7, 11) is 1.65. The average molecular weight is 256 g/mol. The van der Waals surface area contributed by atoms with Crippen LogP contribution >= 0.6 is 0 Å². The zero-order valence-corrected chi connectivity index (χ0v) is 11.4. The number of hydrogen-bond donors (Lipinski definition) is 1. The molecule has 1 amide bonds. The Kier molecular flexibility index (Phi) is 4.59. The van der Waals surface area contributed by atoms with Crippen LogP contribution in [0, 0.1) is 0 Å². The van der Waals surface area contributed by atoms with Gasteiger partial charge in [0.15, 0.2) is 0 Å². The number of likely N-dealkylation sites (N-methyl/N-ethyl adjacent to an activating group) is 1. The van der Waals surface area contributed by atoms with Gasteiger partial charge in [-0.1, -0.05) is 0 Å². The minimum absolute atomic E-state index is 0.0329. The number of nitrogens with zero attached hydrogens (tertiary/aromatic N) is 1. The highest BCUT2D eigenvalue weighted by molar-refractivity contribution is 5.80. The third kappa shape index (κ3) is 3.43. The lowest BCUT2D eigenvalue weighted by molar-refractivity contribution is -0.142. The van der Waals surface area contributed by atoms with Gasteiger partial charge < -0.3 is 14.8 Å². The van der Waals surface area contributed by atoms with Gasteiger partial charge in [0.1, 0.15) is 6.10 Å². The summed E-state index contributed by atoms with van der Waals surface area (Å²) in [5, 5.41) is 2.65. The first-order valence-electron chi connectivity index (χ1n) is 6.82. The molecule has 18 heavy (non-hydrogen) atoms. The summed E-state index contributed by atoms with van der Waals surface area (Å²) < 4.78 is 11.4. The SMILES string of the molecule is CNC(=O)C1CN(CC2(C)CCCCO2)CCO1. The van der Waals surface area contributed by atoms with Crippen LogP contribution in [0.1, 0.15) is 26.2 Å². The molecule has 2 unspecified atom stereocenters. The van der Waals surface area contributed by atoms with Gasteiger partial charge >= 0.3 is 0 Å². The lowest BCUT2D eigenvalue weighted by Crippen LogP contribution is -2.54. The predicted octanol–water partition coefficient (Wildman–Crippen LogP) is 0.392. The minimum atomic E-state index is -0.337. The lowest BCUT2D eigenvalue weighted by atomic mass is 9.95. The fraction of sp³-hybridized carbons (Fsp3) is 0.923. The van der Waals surface area contributed by atoms with Crippen LogP contribution in [0.4, 0.5) is 0 Å². The van der Waals surface area contributed by atoms with Crippen molar-refractivity contribution in [3.63, 3.8) is 0 Å². The normalized spacial score (nSPS) is 34.2. The minimum Gasteiger partial charge on any atom is -0.374 e. The molecule has 2 aliphatic rings. The van der Waals surface area contributed by atoms with Crippen LogP contribution in [0.5, 0.6) is 0 Å².